The average molecular weight is 685 g/mol. The average Bonchev–Trinajstić information content (AvgIpc) is 3.04. The minimum absolute atomic E-state index is 0.0545. The van der Waals surface area contributed by atoms with Crippen LogP contribution in [0.15, 0.2) is 47.4 Å². The third-order valence-corrected chi connectivity index (χ3v) is 12.1. The standard InChI is InChI=1S/C38H56N2O7S/c1-8-9-11-34-38(14-17-40(18-15-38)48(43,44)33-20-27(6)12-13-31(33)45-19-10-16-39)23-30(26(4)5)37(47-34)36-28(7)21-29(25(2)3)22-32(36)46-24-35(41)42/h12-13,20-22,25,30,34,37H,4,8-11,14-19,23-24,39H2,1-3,5-7H3,(H,41,42)/t30-,34+,37+/m0/s1. The number of aliphatic carboxylic acids is 1. The quantitative estimate of drug-likeness (QED) is 0.148. The minimum Gasteiger partial charge on any atom is -0.492 e. The largest absolute Gasteiger partial charge is 0.492 e. The van der Waals surface area contributed by atoms with Crippen molar-refractivity contribution in [1.82, 2.24) is 4.31 Å². The Hall–Kier alpha value is -2.92. The van der Waals surface area contributed by atoms with E-state index in [1.165, 1.54) is 0 Å². The van der Waals surface area contributed by atoms with Gasteiger partial charge in [0.05, 0.1) is 18.8 Å². The van der Waals surface area contributed by atoms with Crippen LogP contribution in [0.1, 0.15) is 107 Å². The molecular formula is C38H56N2O7S. The van der Waals surface area contributed by atoms with Gasteiger partial charge in [-0.15, -0.1) is 0 Å². The number of benzene rings is 2. The van der Waals surface area contributed by atoms with Crippen LogP contribution in [0.3, 0.4) is 0 Å². The number of nitrogens with zero attached hydrogens (tertiary/aromatic N) is 1. The highest BCUT2D eigenvalue weighted by molar-refractivity contribution is 7.89. The molecule has 0 amide bonds. The Kier molecular flexibility index (Phi) is 12.8. The fourth-order valence-corrected chi connectivity index (χ4v) is 9.00. The number of nitrogens with two attached hydrogens (primary N) is 1. The van der Waals surface area contributed by atoms with Gasteiger partial charge in [-0.3, -0.25) is 0 Å². The van der Waals surface area contributed by atoms with Gasteiger partial charge in [0.2, 0.25) is 10.0 Å². The van der Waals surface area contributed by atoms with Crippen molar-refractivity contribution in [1.29, 1.82) is 0 Å². The van der Waals surface area contributed by atoms with Gasteiger partial charge in [-0.1, -0.05) is 57.9 Å². The zero-order chi connectivity index (χ0) is 35.2. The van der Waals surface area contributed by atoms with E-state index in [-0.39, 0.29) is 34.4 Å². The van der Waals surface area contributed by atoms with Gasteiger partial charge < -0.3 is 25.1 Å². The summed E-state index contributed by atoms with van der Waals surface area (Å²) in [6.45, 7) is 17.9. The number of carbonyl (C=O) groups is 1. The lowest BCUT2D eigenvalue weighted by atomic mass is 9.63. The maximum atomic E-state index is 14.1. The van der Waals surface area contributed by atoms with Gasteiger partial charge in [0, 0.05) is 24.6 Å². The van der Waals surface area contributed by atoms with E-state index < -0.39 is 22.6 Å². The first kappa shape index (κ1) is 37.9. The lowest BCUT2D eigenvalue weighted by Crippen LogP contribution is -2.53. The molecule has 0 bridgehead atoms. The zero-order valence-electron chi connectivity index (χ0n) is 29.7. The molecule has 0 saturated carbocycles. The van der Waals surface area contributed by atoms with E-state index in [2.05, 4.69) is 33.4 Å². The number of unbranched alkanes of at least 4 members (excludes halogenated alkanes) is 1. The summed E-state index contributed by atoms with van der Waals surface area (Å²) in [6, 6.07) is 9.42. The zero-order valence-corrected chi connectivity index (χ0v) is 30.5. The monoisotopic (exact) mass is 684 g/mol. The highest BCUT2D eigenvalue weighted by Gasteiger charge is 2.52. The van der Waals surface area contributed by atoms with Crippen molar-refractivity contribution in [3.05, 3.63) is 64.7 Å². The molecule has 2 saturated heterocycles. The van der Waals surface area contributed by atoms with Crippen LogP contribution in [0.5, 0.6) is 11.5 Å². The summed E-state index contributed by atoms with van der Waals surface area (Å²) < 4.78 is 48.8. The maximum Gasteiger partial charge on any atom is 0.341 e. The van der Waals surface area contributed by atoms with Gasteiger partial charge in [-0.25, -0.2) is 13.2 Å². The Bertz CT molecular complexity index is 1550. The van der Waals surface area contributed by atoms with Crippen LogP contribution in [-0.4, -0.2) is 62.8 Å². The Balaban J connectivity index is 1.67. The van der Waals surface area contributed by atoms with Crippen LogP contribution >= 0.6 is 0 Å². The Morgan fingerprint density at radius 1 is 1.12 bits per heavy atom. The van der Waals surface area contributed by atoms with Crippen molar-refractivity contribution in [3.63, 3.8) is 0 Å². The molecule has 2 aromatic rings. The molecule has 9 nitrogen and oxygen atoms in total. The summed E-state index contributed by atoms with van der Waals surface area (Å²) in [5.41, 5.74) is 10.2. The molecule has 4 rings (SSSR count). The molecule has 0 radical (unpaired) electrons. The number of hydrogen-bond acceptors (Lipinski definition) is 7. The smallest absolute Gasteiger partial charge is 0.341 e. The summed E-state index contributed by atoms with van der Waals surface area (Å²) in [6.07, 6.45) is 5.17. The van der Waals surface area contributed by atoms with Crippen LogP contribution in [0.4, 0.5) is 0 Å². The first-order chi connectivity index (χ1) is 22.7. The molecule has 2 fully saturated rings. The maximum absolute atomic E-state index is 14.1. The topological polar surface area (TPSA) is 128 Å². The Morgan fingerprint density at radius 2 is 1.83 bits per heavy atom. The number of ether oxygens (including phenoxy) is 3. The number of carboxylic acids is 1. The van der Waals surface area contributed by atoms with E-state index in [1.54, 1.807) is 16.4 Å². The van der Waals surface area contributed by atoms with Gasteiger partial charge in [-0.05, 0) is 106 Å². The minimum atomic E-state index is -3.81. The molecular weight excluding hydrogens is 628 g/mol. The van der Waals surface area contributed by atoms with E-state index in [1.807, 2.05) is 32.9 Å². The summed E-state index contributed by atoms with van der Waals surface area (Å²) in [4.78, 5) is 11.8. The van der Waals surface area contributed by atoms with E-state index >= 15 is 0 Å². The van der Waals surface area contributed by atoms with Gasteiger partial charge in [-0.2, -0.15) is 4.31 Å². The molecule has 2 aliphatic rings. The molecule has 2 aromatic carbocycles. The van der Waals surface area contributed by atoms with Crippen LogP contribution in [0.25, 0.3) is 0 Å². The molecule has 1 spiro atoms. The molecule has 0 unspecified atom stereocenters. The first-order valence-corrected chi connectivity index (χ1v) is 18.9. The second-order valence-corrected chi connectivity index (χ2v) is 16.0. The first-order valence-electron chi connectivity index (χ1n) is 17.5. The van der Waals surface area contributed by atoms with Crippen LogP contribution in [-0.2, 0) is 19.6 Å². The van der Waals surface area contributed by atoms with E-state index in [0.29, 0.717) is 57.0 Å². The van der Waals surface area contributed by atoms with Crippen molar-refractivity contribution in [3.8, 4) is 11.5 Å². The summed E-state index contributed by atoms with van der Waals surface area (Å²) >= 11 is 0. The van der Waals surface area contributed by atoms with Crippen LogP contribution < -0.4 is 15.2 Å². The van der Waals surface area contributed by atoms with Crippen LogP contribution in [0, 0.1) is 25.2 Å². The molecule has 2 aliphatic heterocycles. The summed E-state index contributed by atoms with van der Waals surface area (Å²) in [7, 11) is -3.81. The van der Waals surface area contributed by atoms with Crippen molar-refractivity contribution < 1.29 is 32.5 Å². The molecule has 2 heterocycles. The normalized spacial score (nSPS) is 21.4. The van der Waals surface area contributed by atoms with E-state index in [9.17, 15) is 18.3 Å². The number of piperidine rings is 1. The van der Waals surface area contributed by atoms with E-state index in [4.69, 9.17) is 19.9 Å². The van der Waals surface area contributed by atoms with Gasteiger partial charge in [0.15, 0.2) is 6.61 Å². The number of rotatable bonds is 15. The second kappa shape index (κ2) is 16.2. The fraction of sp³-hybridized carbons (Fsp3) is 0.605. The molecule has 48 heavy (non-hydrogen) atoms. The molecule has 3 atom stereocenters. The molecule has 266 valence electrons. The highest BCUT2D eigenvalue weighted by atomic mass is 32.2. The number of hydrogen-bond donors (Lipinski definition) is 2. The number of sulfonamides is 1. The third kappa shape index (κ3) is 8.44. The number of aryl methyl sites for hydroxylation is 2. The Morgan fingerprint density at radius 3 is 2.44 bits per heavy atom. The fourth-order valence-electron chi connectivity index (χ4n) is 7.35. The summed E-state index contributed by atoms with van der Waals surface area (Å²) in [5.74, 6) is 0.0638. The van der Waals surface area contributed by atoms with Gasteiger partial charge >= 0.3 is 5.97 Å². The van der Waals surface area contributed by atoms with Gasteiger partial charge in [0.25, 0.3) is 0 Å². The van der Waals surface area contributed by atoms with Crippen molar-refractivity contribution in [2.24, 2.45) is 17.1 Å². The predicted molar refractivity (Wildman–Crippen MR) is 189 cm³/mol. The van der Waals surface area contributed by atoms with Crippen molar-refractivity contribution >= 4 is 16.0 Å². The van der Waals surface area contributed by atoms with Crippen molar-refractivity contribution in [2.75, 3.05) is 32.8 Å². The van der Waals surface area contributed by atoms with E-state index in [0.717, 1.165) is 53.5 Å². The summed E-state index contributed by atoms with van der Waals surface area (Å²) in [5, 5.41) is 9.47. The lowest BCUT2D eigenvalue weighted by molar-refractivity contribution is -0.170. The third-order valence-electron chi connectivity index (χ3n) is 10.2. The number of carboxylic acid groups (broad SMARTS) is 1. The lowest BCUT2D eigenvalue weighted by Gasteiger charge is -2.54. The second-order valence-electron chi connectivity index (χ2n) is 14.1. The molecule has 0 aliphatic carbocycles. The van der Waals surface area contributed by atoms with Gasteiger partial charge in [0.1, 0.15) is 16.4 Å². The van der Waals surface area contributed by atoms with Crippen LogP contribution in [0.2, 0.25) is 0 Å². The highest BCUT2D eigenvalue weighted by Crippen LogP contribution is 2.56. The predicted octanol–water partition coefficient (Wildman–Crippen LogP) is 7.30. The SMILES string of the molecule is C=C(C)[C@@H]1CC2(CCN(S(=O)(=O)c3cc(C)ccc3OCCCN)CC2)[C@@H](CCCC)O[C@H]1c1c(C)cc(C(C)C)cc1OCC(=O)O. The van der Waals surface area contributed by atoms with Crippen molar-refractivity contribution in [2.45, 2.75) is 110 Å². The molecule has 10 heteroatoms. The molecule has 0 aromatic heterocycles. The molecule has 3 N–H and O–H groups in total. The Labute approximate surface area is 287 Å².